The van der Waals surface area contributed by atoms with E-state index in [9.17, 15) is 9.50 Å². The standard InChI is InChI=1S/C17H17FN2O3/c1-22-15-9-13-14(10-16(15)23-2)20(7-8-21)17(19-13)11-3-5-12(18)6-4-11/h3-6,9-10,21H,7-8H2,1-2H3. The smallest absolute Gasteiger partial charge is 0.163 e. The summed E-state index contributed by atoms with van der Waals surface area (Å²) in [7, 11) is 3.13. The molecule has 3 aromatic rings. The van der Waals surface area contributed by atoms with Gasteiger partial charge >= 0.3 is 0 Å². The van der Waals surface area contributed by atoms with E-state index in [0.717, 1.165) is 16.6 Å². The number of imidazole rings is 1. The van der Waals surface area contributed by atoms with Gasteiger partial charge in [-0.15, -0.1) is 0 Å². The number of hydrogen-bond acceptors (Lipinski definition) is 4. The van der Waals surface area contributed by atoms with Crippen molar-refractivity contribution in [2.24, 2.45) is 0 Å². The molecule has 1 aromatic heterocycles. The molecule has 0 saturated carbocycles. The molecule has 0 saturated heterocycles. The van der Waals surface area contributed by atoms with Gasteiger partial charge in [0.15, 0.2) is 11.5 Å². The molecule has 3 rings (SSSR count). The minimum absolute atomic E-state index is 0.0337. The Bertz CT molecular complexity index is 828. The van der Waals surface area contributed by atoms with Crippen LogP contribution in [0.5, 0.6) is 11.5 Å². The number of methoxy groups -OCH3 is 2. The molecular formula is C17H17FN2O3. The molecule has 0 aliphatic carbocycles. The number of halogens is 1. The van der Waals surface area contributed by atoms with Gasteiger partial charge in [-0.25, -0.2) is 9.37 Å². The summed E-state index contributed by atoms with van der Waals surface area (Å²) < 4.78 is 25.7. The van der Waals surface area contributed by atoms with E-state index in [1.807, 2.05) is 10.6 Å². The predicted octanol–water partition coefficient (Wildman–Crippen LogP) is 2.85. The number of aliphatic hydroxyl groups is 1. The van der Waals surface area contributed by atoms with Crippen LogP contribution in [0.3, 0.4) is 0 Å². The van der Waals surface area contributed by atoms with Crippen molar-refractivity contribution >= 4 is 11.0 Å². The fourth-order valence-electron chi connectivity index (χ4n) is 2.60. The first kappa shape index (κ1) is 15.3. The number of aromatic nitrogens is 2. The maximum absolute atomic E-state index is 13.2. The summed E-state index contributed by atoms with van der Waals surface area (Å²) in [4.78, 5) is 4.61. The second kappa shape index (κ2) is 6.26. The van der Waals surface area contributed by atoms with Gasteiger partial charge in [-0.05, 0) is 24.3 Å². The molecule has 0 aliphatic heterocycles. The molecule has 5 nitrogen and oxygen atoms in total. The zero-order valence-corrected chi connectivity index (χ0v) is 12.9. The van der Waals surface area contributed by atoms with Crippen LogP contribution in [0, 0.1) is 5.82 Å². The van der Waals surface area contributed by atoms with Crippen LogP contribution in [-0.2, 0) is 6.54 Å². The van der Waals surface area contributed by atoms with Crippen LogP contribution in [0.25, 0.3) is 22.4 Å². The summed E-state index contributed by atoms with van der Waals surface area (Å²) >= 11 is 0. The minimum Gasteiger partial charge on any atom is -0.493 e. The zero-order chi connectivity index (χ0) is 16.4. The van der Waals surface area contributed by atoms with Crippen molar-refractivity contribution in [3.8, 4) is 22.9 Å². The molecule has 0 radical (unpaired) electrons. The van der Waals surface area contributed by atoms with Gasteiger partial charge in [0.2, 0.25) is 0 Å². The third kappa shape index (κ3) is 2.73. The minimum atomic E-state index is -0.304. The van der Waals surface area contributed by atoms with Gasteiger partial charge in [0, 0.05) is 24.2 Å². The van der Waals surface area contributed by atoms with E-state index >= 15 is 0 Å². The topological polar surface area (TPSA) is 56.5 Å². The van der Waals surface area contributed by atoms with E-state index in [1.54, 1.807) is 32.4 Å². The molecule has 0 amide bonds. The highest BCUT2D eigenvalue weighted by Crippen LogP contribution is 2.34. The Morgan fingerprint density at radius 2 is 1.74 bits per heavy atom. The summed E-state index contributed by atoms with van der Waals surface area (Å²) in [5.74, 6) is 1.52. The molecule has 0 atom stereocenters. The second-order valence-corrected chi connectivity index (χ2v) is 5.01. The molecular weight excluding hydrogens is 299 g/mol. The largest absolute Gasteiger partial charge is 0.493 e. The lowest BCUT2D eigenvalue weighted by Crippen LogP contribution is -2.04. The van der Waals surface area contributed by atoms with Crippen molar-refractivity contribution < 1.29 is 19.0 Å². The first-order valence-electron chi connectivity index (χ1n) is 7.17. The van der Waals surface area contributed by atoms with Crippen LogP contribution in [-0.4, -0.2) is 35.5 Å². The van der Waals surface area contributed by atoms with E-state index in [0.29, 0.717) is 23.9 Å². The maximum atomic E-state index is 13.2. The number of benzene rings is 2. The Morgan fingerprint density at radius 1 is 1.09 bits per heavy atom. The molecule has 0 bridgehead atoms. The lowest BCUT2D eigenvalue weighted by atomic mass is 10.2. The van der Waals surface area contributed by atoms with Crippen LogP contribution in [0.15, 0.2) is 36.4 Å². The van der Waals surface area contributed by atoms with Crippen molar-refractivity contribution in [3.05, 3.63) is 42.2 Å². The van der Waals surface area contributed by atoms with Crippen molar-refractivity contribution in [3.63, 3.8) is 0 Å². The van der Waals surface area contributed by atoms with Gasteiger partial charge in [0.05, 0.1) is 31.9 Å². The van der Waals surface area contributed by atoms with Crippen LogP contribution in [0.1, 0.15) is 0 Å². The fraction of sp³-hybridized carbons (Fsp3) is 0.235. The van der Waals surface area contributed by atoms with Gasteiger partial charge in [0.25, 0.3) is 0 Å². The van der Waals surface area contributed by atoms with Gasteiger partial charge in [-0.2, -0.15) is 0 Å². The van der Waals surface area contributed by atoms with Gasteiger partial charge in [-0.1, -0.05) is 0 Å². The molecule has 0 fully saturated rings. The van der Waals surface area contributed by atoms with Gasteiger partial charge in [0.1, 0.15) is 11.6 Å². The normalized spacial score (nSPS) is 11.0. The lowest BCUT2D eigenvalue weighted by molar-refractivity contribution is 0.278. The Kier molecular flexibility index (Phi) is 4.16. The third-order valence-corrected chi connectivity index (χ3v) is 3.68. The molecule has 1 N–H and O–H groups in total. The third-order valence-electron chi connectivity index (χ3n) is 3.68. The summed E-state index contributed by atoms with van der Waals surface area (Å²) in [6, 6.07) is 9.72. The Balaban J connectivity index is 2.24. The first-order valence-corrected chi connectivity index (χ1v) is 7.17. The van der Waals surface area contributed by atoms with Gasteiger partial charge in [-0.3, -0.25) is 0 Å². The summed E-state index contributed by atoms with van der Waals surface area (Å²) in [5, 5.41) is 9.38. The van der Waals surface area contributed by atoms with Crippen LogP contribution in [0.2, 0.25) is 0 Å². The average molecular weight is 316 g/mol. The molecule has 1 heterocycles. The maximum Gasteiger partial charge on any atom is 0.163 e. The van der Waals surface area contributed by atoms with Crippen molar-refractivity contribution in [2.45, 2.75) is 6.54 Å². The summed E-state index contributed by atoms with van der Waals surface area (Å²) in [6.45, 7) is 0.340. The monoisotopic (exact) mass is 316 g/mol. The number of nitrogens with zero attached hydrogens (tertiary/aromatic N) is 2. The first-order chi connectivity index (χ1) is 11.2. The summed E-state index contributed by atoms with van der Waals surface area (Å²) in [6.07, 6.45) is 0. The highest BCUT2D eigenvalue weighted by atomic mass is 19.1. The van der Waals surface area contributed by atoms with E-state index in [-0.39, 0.29) is 12.4 Å². The SMILES string of the molecule is COc1cc2nc(-c3ccc(F)cc3)n(CCO)c2cc1OC. The molecule has 0 spiro atoms. The molecule has 2 aromatic carbocycles. The molecule has 120 valence electrons. The quantitative estimate of drug-likeness (QED) is 0.786. The Morgan fingerprint density at radius 3 is 2.35 bits per heavy atom. The molecule has 23 heavy (non-hydrogen) atoms. The summed E-state index contributed by atoms with van der Waals surface area (Å²) in [5.41, 5.74) is 2.31. The van der Waals surface area contributed by atoms with Gasteiger partial charge < -0.3 is 19.1 Å². The Labute approximate surface area is 132 Å². The second-order valence-electron chi connectivity index (χ2n) is 5.01. The van der Waals surface area contributed by atoms with E-state index in [2.05, 4.69) is 4.98 Å². The Hall–Kier alpha value is -2.60. The van der Waals surface area contributed by atoms with Crippen molar-refractivity contribution in [1.29, 1.82) is 0 Å². The number of ether oxygens (including phenoxy) is 2. The van der Waals surface area contributed by atoms with Crippen LogP contribution >= 0.6 is 0 Å². The van der Waals surface area contributed by atoms with Crippen LogP contribution in [0.4, 0.5) is 4.39 Å². The van der Waals surface area contributed by atoms with Crippen LogP contribution < -0.4 is 9.47 Å². The predicted molar refractivity (Wildman–Crippen MR) is 85.3 cm³/mol. The van der Waals surface area contributed by atoms with Crippen molar-refractivity contribution in [1.82, 2.24) is 9.55 Å². The highest BCUT2D eigenvalue weighted by Gasteiger charge is 2.16. The molecule has 6 heteroatoms. The van der Waals surface area contributed by atoms with E-state index < -0.39 is 0 Å². The molecule has 0 unspecified atom stereocenters. The van der Waals surface area contributed by atoms with Crippen molar-refractivity contribution in [2.75, 3.05) is 20.8 Å². The average Bonchev–Trinajstić information content (AvgIpc) is 2.92. The zero-order valence-electron chi connectivity index (χ0n) is 12.9. The lowest BCUT2D eigenvalue weighted by Gasteiger charge is -2.10. The number of fused-ring (bicyclic) bond motifs is 1. The van der Waals surface area contributed by atoms with E-state index in [1.165, 1.54) is 12.1 Å². The fourth-order valence-corrected chi connectivity index (χ4v) is 2.60. The number of hydrogen-bond donors (Lipinski definition) is 1. The highest BCUT2D eigenvalue weighted by molar-refractivity contribution is 5.84. The van der Waals surface area contributed by atoms with E-state index in [4.69, 9.17) is 9.47 Å². The number of aliphatic hydroxyl groups excluding tert-OH is 1. The number of rotatable bonds is 5. The molecule has 0 aliphatic rings.